The Morgan fingerprint density at radius 1 is 1.04 bits per heavy atom. The van der Waals surface area contributed by atoms with E-state index >= 15 is 0 Å². The number of nitrogens with zero attached hydrogens (tertiary/aromatic N) is 4. The highest BCUT2D eigenvalue weighted by Gasteiger charge is 2.19. The van der Waals surface area contributed by atoms with E-state index in [1.54, 1.807) is 4.68 Å². The van der Waals surface area contributed by atoms with Gasteiger partial charge in [0.2, 0.25) is 11.1 Å². The van der Waals surface area contributed by atoms with Crippen molar-refractivity contribution in [2.75, 3.05) is 5.32 Å². The number of amides is 1. The van der Waals surface area contributed by atoms with E-state index in [9.17, 15) is 4.79 Å². The highest BCUT2D eigenvalue weighted by atomic mass is 32.2. The van der Waals surface area contributed by atoms with Crippen molar-refractivity contribution in [2.45, 2.75) is 37.1 Å². The number of carbonyl (C=O) groups excluding carboxylic acids is 1. The first kappa shape index (κ1) is 18.1. The van der Waals surface area contributed by atoms with E-state index in [1.807, 2.05) is 49.4 Å². The summed E-state index contributed by atoms with van der Waals surface area (Å²) in [5, 5.41) is 15.0. The molecule has 0 fully saturated rings. The van der Waals surface area contributed by atoms with Crippen molar-refractivity contribution in [2.24, 2.45) is 0 Å². The highest BCUT2D eigenvalue weighted by Crippen LogP contribution is 2.24. The van der Waals surface area contributed by atoms with E-state index in [-0.39, 0.29) is 11.2 Å². The van der Waals surface area contributed by atoms with Gasteiger partial charge in [0.25, 0.3) is 0 Å². The van der Waals surface area contributed by atoms with Crippen molar-refractivity contribution in [3.05, 3.63) is 60.2 Å². The molecule has 0 bridgehead atoms. The highest BCUT2D eigenvalue weighted by molar-refractivity contribution is 8.00. The second-order valence-corrected chi connectivity index (χ2v) is 7.54. The smallest absolute Gasteiger partial charge is 0.237 e. The van der Waals surface area contributed by atoms with Gasteiger partial charge in [-0.05, 0) is 53.1 Å². The van der Waals surface area contributed by atoms with Gasteiger partial charge >= 0.3 is 0 Å². The first-order valence-electron chi connectivity index (χ1n) is 8.46. The van der Waals surface area contributed by atoms with Gasteiger partial charge in [0.05, 0.1) is 10.9 Å². The number of hydrogen-bond acceptors (Lipinski definition) is 5. The molecule has 1 heterocycles. The third-order valence-corrected chi connectivity index (χ3v) is 4.97. The fourth-order valence-electron chi connectivity index (χ4n) is 2.39. The van der Waals surface area contributed by atoms with E-state index in [2.05, 4.69) is 46.8 Å². The van der Waals surface area contributed by atoms with Gasteiger partial charge in [0, 0.05) is 5.69 Å². The van der Waals surface area contributed by atoms with Crippen LogP contribution in [-0.2, 0) is 4.79 Å². The molecule has 0 aliphatic carbocycles. The van der Waals surface area contributed by atoms with Crippen LogP contribution in [0.1, 0.15) is 32.3 Å². The van der Waals surface area contributed by atoms with E-state index in [0.717, 1.165) is 11.4 Å². The van der Waals surface area contributed by atoms with Crippen LogP contribution in [0.25, 0.3) is 5.69 Å². The van der Waals surface area contributed by atoms with Gasteiger partial charge in [-0.1, -0.05) is 55.9 Å². The van der Waals surface area contributed by atoms with Crippen molar-refractivity contribution in [3.63, 3.8) is 0 Å². The maximum absolute atomic E-state index is 12.4. The summed E-state index contributed by atoms with van der Waals surface area (Å²) in [6.45, 7) is 6.14. The van der Waals surface area contributed by atoms with Crippen LogP contribution >= 0.6 is 11.8 Å². The van der Waals surface area contributed by atoms with E-state index in [0.29, 0.717) is 11.1 Å². The van der Waals surface area contributed by atoms with Crippen molar-refractivity contribution in [1.82, 2.24) is 20.2 Å². The maximum atomic E-state index is 12.4. The fraction of sp³-hybridized carbons (Fsp3) is 0.263. The van der Waals surface area contributed by atoms with Crippen molar-refractivity contribution >= 4 is 23.4 Å². The lowest BCUT2D eigenvalue weighted by Gasteiger charge is -2.12. The molecule has 1 N–H and O–H groups in total. The summed E-state index contributed by atoms with van der Waals surface area (Å²) in [4.78, 5) is 12.4. The number of nitrogens with one attached hydrogen (secondary N) is 1. The van der Waals surface area contributed by atoms with Crippen LogP contribution in [0.2, 0.25) is 0 Å². The molecule has 0 radical (unpaired) electrons. The maximum Gasteiger partial charge on any atom is 0.237 e. The molecule has 7 heteroatoms. The van der Waals surface area contributed by atoms with Gasteiger partial charge in [-0.3, -0.25) is 4.79 Å². The summed E-state index contributed by atoms with van der Waals surface area (Å²) < 4.78 is 1.65. The Kier molecular flexibility index (Phi) is 5.68. The molecule has 1 atom stereocenters. The van der Waals surface area contributed by atoms with E-state index < -0.39 is 0 Å². The van der Waals surface area contributed by atoms with Crippen LogP contribution in [-0.4, -0.2) is 31.4 Å². The predicted octanol–water partition coefficient (Wildman–Crippen LogP) is 3.91. The third kappa shape index (κ3) is 4.29. The zero-order valence-corrected chi connectivity index (χ0v) is 15.8. The molecule has 6 nitrogen and oxygen atoms in total. The molecular weight excluding hydrogens is 346 g/mol. The number of carbonyl (C=O) groups is 1. The van der Waals surface area contributed by atoms with Crippen LogP contribution in [0.5, 0.6) is 0 Å². The van der Waals surface area contributed by atoms with Gasteiger partial charge in [-0.15, -0.1) is 5.10 Å². The average molecular weight is 367 g/mol. The largest absolute Gasteiger partial charge is 0.325 e. The topological polar surface area (TPSA) is 72.7 Å². The molecule has 0 aliphatic rings. The summed E-state index contributed by atoms with van der Waals surface area (Å²) >= 11 is 1.32. The van der Waals surface area contributed by atoms with Gasteiger partial charge in [0.1, 0.15) is 0 Å². The first-order valence-corrected chi connectivity index (χ1v) is 9.34. The molecule has 3 aromatic rings. The molecule has 1 amide bonds. The summed E-state index contributed by atoms with van der Waals surface area (Å²) in [6, 6.07) is 17.5. The second-order valence-electron chi connectivity index (χ2n) is 6.23. The van der Waals surface area contributed by atoms with Gasteiger partial charge in [0.15, 0.2) is 0 Å². The molecule has 1 unspecified atom stereocenters. The number of thioether (sulfide) groups is 1. The second kappa shape index (κ2) is 8.14. The van der Waals surface area contributed by atoms with Gasteiger partial charge in [-0.25, -0.2) is 0 Å². The van der Waals surface area contributed by atoms with Crippen molar-refractivity contribution in [3.8, 4) is 5.69 Å². The minimum atomic E-state index is -0.338. The molecule has 1 aromatic heterocycles. The summed E-state index contributed by atoms with van der Waals surface area (Å²) in [5.41, 5.74) is 2.90. The monoisotopic (exact) mass is 367 g/mol. The molecule has 0 aliphatic heterocycles. The molecule has 0 saturated heterocycles. The molecule has 3 rings (SSSR count). The Balaban J connectivity index is 1.71. The fourth-order valence-corrected chi connectivity index (χ4v) is 3.20. The SMILES string of the molecule is CC(Sc1nnnn1-c1ccc(C(C)C)cc1)C(=O)Nc1ccccc1. The molecule has 26 heavy (non-hydrogen) atoms. The lowest BCUT2D eigenvalue weighted by Crippen LogP contribution is -2.22. The zero-order valence-electron chi connectivity index (χ0n) is 15.0. The van der Waals surface area contributed by atoms with Gasteiger partial charge in [-0.2, -0.15) is 4.68 Å². The summed E-state index contributed by atoms with van der Waals surface area (Å²) in [7, 11) is 0. The van der Waals surface area contributed by atoms with Crippen LogP contribution in [0.4, 0.5) is 5.69 Å². The predicted molar refractivity (Wildman–Crippen MR) is 104 cm³/mol. The van der Waals surface area contributed by atoms with Crippen LogP contribution in [0.3, 0.4) is 0 Å². The number of aromatic nitrogens is 4. The van der Waals surface area contributed by atoms with Crippen LogP contribution < -0.4 is 5.32 Å². The standard InChI is InChI=1S/C19H21N5OS/c1-13(2)15-9-11-17(12-10-15)24-19(21-22-23-24)26-14(3)18(25)20-16-7-5-4-6-8-16/h4-14H,1-3H3,(H,20,25). The average Bonchev–Trinajstić information content (AvgIpc) is 3.10. The Bertz CT molecular complexity index is 861. The molecule has 0 saturated carbocycles. The number of benzene rings is 2. The number of hydrogen-bond donors (Lipinski definition) is 1. The Labute approximate surface area is 157 Å². The molecular formula is C19H21N5OS. The molecule has 2 aromatic carbocycles. The van der Waals surface area contributed by atoms with E-state index in [4.69, 9.17) is 0 Å². The normalized spacial score (nSPS) is 12.2. The number of para-hydroxylation sites is 1. The lowest BCUT2D eigenvalue weighted by molar-refractivity contribution is -0.115. The Hall–Kier alpha value is -2.67. The van der Waals surface area contributed by atoms with Crippen LogP contribution in [0.15, 0.2) is 59.8 Å². The third-order valence-electron chi connectivity index (χ3n) is 3.94. The lowest BCUT2D eigenvalue weighted by atomic mass is 10.0. The molecule has 0 spiro atoms. The Morgan fingerprint density at radius 3 is 2.38 bits per heavy atom. The Morgan fingerprint density at radius 2 is 1.73 bits per heavy atom. The van der Waals surface area contributed by atoms with Gasteiger partial charge < -0.3 is 5.32 Å². The number of tetrazole rings is 1. The minimum Gasteiger partial charge on any atom is -0.325 e. The van der Waals surface area contributed by atoms with Crippen molar-refractivity contribution in [1.29, 1.82) is 0 Å². The quantitative estimate of drug-likeness (QED) is 0.669. The number of rotatable bonds is 6. The first-order chi connectivity index (χ1) is 12.5. The van der Waals surface area contributed by atoms with Crippen LogP contribution in [0, 0.1) is 0 Å². The minimum absolute atomic E-state index is 0.0918. The zero-order chi connectivity index (χ0) is 18.5. The number of anilines is 1. The summed E-state index contributed by atoms with van der Waals surface area (Å²) in [5.74, 6) is 0.374. The van der Waals surface area contributed by atoms with Crippen molar-refractivity contribution < 1.29 is 4.79 Å². The van der Waals surface area contributed by atoms with E-state index in [1.165, 1.54) is 17.3 Å². The molecule has 134 valence electrons. The summed E-state index contributed by atoms with van der Waals surface area (Å²) in [6.07, 6.45) is 0.